The molecule has 5 N–H and O–H groups in total. The Bertz CT molecular complexity index is 890. The van der Waals surface area contributed by atoms with Gasteiger partial charge in [-0.15, -0.1) is 0 Å². The van der Waals surface area contributed by atoms with Gasteiger partial charge in [0.05, 0.1) is 0 Å². The van der Waals surface area contributed by atoms with Crippen molar-refractivity contribution in [2.75, 3.05) is 0 Å². The molecule has 9 nitrogen and oxygen atoms in total. The van der Waals surface area contributed by atoms with Gasteiger partial charge in [0.2, 0.25) is 11.8 Å². The zero-order valence-electron chi connectivity index (χ0n) is 17.6. The van der Waals surface area contributed by atoms with Crippen LogP contribution in [0.25, 0.3) is 10.9 Å². The minimum Gasteiger partial charge on any atom is -0.480 e. The average molecular weight is 419 g/mol. The van der Waals surface area contributed by atoms with Crippen molar-refractivity contribution in [3.05, 3.63) is 36.0 Å². The lowest BCUT2D eigenvalue weighted by Gasteiger charge is -2.14. The van der Waals surface area contributed by atoms with E-state index in [0.29, 0.717) is 6.42 Å². The Labute approximate surface area is 174 Å². The Morgan fingerprint density at radius 1 is 0.933 bits per heavy atom. The van der Waals surface area contributed by atoms with E-state index in [9.17, 15) is 19.2 Å². The molecular formula is C21H29N3O6. The van der Waals surface area contributed by atoms with Gasteiger partial charge in [-0.2, -0.15) is 0 Å². The average Bonchev–Trinajstić information content (AvgIpc) is 3.03. The maximum Gasteiger partial charge on any atom is 0.326 e. The quantitative estimate of drug-likeness (QED) is 0.441. The third-order valence-corrected chi connectivity index (χ3v) is 4.16. The number of hydrogen-bond donors (Lipinski definition) is 5. The predicted molar refractivity (Wildman–Crippen MR) is 112 cm³/mol. The first-order valence-electron chi connectivity index (χ1n) is 9.56. The lowest BCUT2D eigenvalue weighted by Crippen LogP contribution is -2.41. The summed E-state index contributed by atoms with van der Waals surface area (Å²) in [5.41, 5.74) is 1.84. The van der Waals surface area contributed by atoms with Gasteiger partial charge in [-0.1, -0.05) is 32.0 Å². The van der Waals surface area contributed by atoms with E-state index in [1.807, 2.05) is 38.1 Å². The first kappa shape index (κ1) is 24.7. The topological polar surface area (TPSA) is 149 Å². The molecule has 0 aliphatic rings. The lowest BCUT2D eigenvalue weighted by molar-refractivity contribution is -0.142. The summed E-state index contributed by atoms with van der Waals surface area (Å²) < 4.78 is 0. The molecule has 1 heterocycles. The molecule has 9 heteroatoms. The SMILES string of the molecule is CC(=O)NC(Cc1c[nH]c2ccccc12)C(=O)O.CC(=O)N[C@@H](CC(C)C)C(=O)O. The van der Waals surface area contributed by atoms with Crippen LogP contribution >= 0.6 is 0 Å². The molecule has 0 radical (unpaired) electrons. The molecule has 2 atom stereocenters. The van der Waals surface area contributed by atoms with Crippen molar-refractivity contribution in [2.45, 2.75) is 52.6 Å². The second-order valence-corrected chi connectivity index (χ2v) is 7.38. The van der Waals surface area contributed by atoms with Gasteiger partial charge in [-0.3, -0.25) is 9.59 Å². The largest absolute Gasteiger partial charge is 0.480 e. The number of rotatable bonds is 8. The van der Waals surface area contributed by atoms with Gasteiger partial charge >= 0.3 is 11.9 Å². The molecule has 1 unspecified atom stereocenters. The van der Waals surface area contributed by atoms with Crippen molar-refractivity contribution in [2.24, 2.45) is 5.92 Å². The highest BCUT2D eigenvalue weighted by atomic mass is 16.4. The monoisotopic (exact) mass is 419 g/mol. The van der Waals surface area contributed by atoms with Crippen LogP contribution in [0.5, 0.6) is 0 Å². The van der Waals surface area contributed by atoms with E-state index in [1.165, 1.54) is 13.8 Å². The van der Waals surface area contributed by atoms with E-state index in [2.05, 4.69) is 15.6 Å². The predicted octanol–water partition coefficient (Wildman–Crippen LogP) is 1.92. The normalized spacial score (nSPS) is 12.4. The van der Waals surface area contributed by atoms with Gasteiger partial charge in [0, 0.05) is 37.4 Å². The highest BCUT2D eigenvalue weighted by Crippen LogP contribution is 2.19. The number of aliphatic carboxylic acids is 2. The highest BCUT2D eigenvalue weighted by Gasteiger charge is 2.20. The number of aromatic amines is 1. The summed E-state index contributed by atoms with van der Waals surface area (Å²) in [5.74, 6) is -2.39. The van der Waals surface area contributed by atoms with Gasteiger partial charge in [-0.25, -0.2) is 9.59 Å². The molecular weight excluding hydrogens is 390 g/mol. The number of carboxylic acid groups (broad SMARTS) is 2. The van der Waals surface area contributed by atoms with Crippen molar-refractivity contribution in [3.8, 4) is 0 Å². The smallest absolute Gasteiger partial charge is 0.326 e. The highest BCUT2D eigenvalue weighted by molar-refractivity contribution is 5.86. The number of nitrogens with one attached hydrogen (secondary N) is 3. The third kappa shape index (κ3) is 8.34. The molecule has 0 aliphatic carbocycles. The van der Waals surface area contributed by atoms with E-state index < -0.39 is 24.0 Å². The maximum absolute atomic E-state index is 11.1. The van der Waals surface area contributed by atoms with Crippen LogP contribution < -0.4 is 10.6 Å². The zero-order chi connectivity index (χ0) is 22.8. The van der Waals surface area contributed by atoms with Gasteiger partial charge < -0.3 is 25.8 Å². The molecule has 0 saturated carbocycles. The Kier molecular flexibility index (Phi) is 9.54. The summed E-state index contributed by atoms with van der Waals surface area (Å²) in [4.78, 5) is 46.2. The molecule has 0 saturated heterocycles. The van der Waals surface area contributed by atoms with Gasteiger partial charge in [0.25, 0.3) is 0 Å². The fourth-order valence-corrected chi connectivity index (χ4v) is 2.90. The van der Waals surface area contributed by atoms with Crippen LogP contribution in [0.2, 0.25) is 0 Å². The van der Waals surface area contributed by atoms with Crippen molar-refractivity contribution in [1.82, 2.24) is 15.6 Å². The van der Waals surface area contributed by atoms with Crippen LogP contribution in [0.1, 0.15) is 39.7 Å². The Morgan fingerprint density at radius 2 is 1.47 bits per heavy atom. The molecule has 164 valence electrons. The standard InChI is InChI=1S/C13H14N2O3.C8H15NO3/c1-8(16)15-12(13(17)18)6-9-7-14-11-5-3-2-4-10(9)11;1-5(2)4-7(8(11)12)9-6(3)10/h2-5,7,12,14H,6H2,1H3,(H,15,16)(H,17,18);5,7H,4H2,1-3H3,(H,9,10)(H,11,12)/t;7-/m.0/s1. The molecule has 0 aliphatic heterocycles. The Balaban J connectivity index is 0.000000329. The number of H-pyrrole nitrogens is 1. The molecule has 2 rings (SSSR count). The van der Waals surface area contributed by atoms with Crippen LogP contribution in [-0.2, 0) is 25.6 Å². The first-order valence-corrected chi connectivity index (χ1v) is 9.56. The Morgan fingerprint density at radius 3 is 1.97 bits per heavy atom. The zero-order valence-corrected chi connectivity index (χ0v) is 17.6. The van der Waals surface area contributed by atoms with Crippen molar-refractivity contribution >= 4 is 34.7 Å². The molecule has 30 heavy (non-hydrogen) atoms. The second kappa shape index (κ2) is 11.6. The van der Waals surface area contributed by atoms with Crippen LogP contribution in [0.15, 0.2) is 30.5 Å². The van der Waals surface area contributed by atoms with Gasteiger partial charge in [0.1, 0.15) is 12.1 Å². The molecule has 2 amide bonds. The number of aromatic nitrogens is 1. The van der Waals surface area contributed by atoms with Crippen molar-refractivity contribution in [1.29, 1.82) is 0 Å². The molecule has 0 fully saturated rings. The summed E-state index contributed by atoms with van der Waals surface area (Å²) in [6.07, 6.45) is 2.51. The number of carboxylic acids is 2. The van der Waals surface area contributed by atoms with Crippen molar-refractivity contribution < 1.29 is 29.4 Å². The first-order chi connectivity index (χ1) is 14.0. The summed E-state index contributed by atoms with van der Waals surface area (Å²) in [7, 11) is 0. The van der Waals surface area contributed by atoms with Crippen LogP contribution in [0.4, 0.5) is 0 Å². The fourth-order valence-electron chi connectivity index (χ4n) is 2.90. The molecule has 0 spiro atoms. The fraction of sp³-hybridized carbons (Fsp3) is 0.429. The molecule has 1 aromatic carbocycles. The number of benzene rings is 1. The minimum absolute atomic E-state index is 0.262. The van der Waals surface area contributed by atoms with Crippen LogP contribution in [0.3, 0.4) is 0 Å². The van der Waals surface area contributed by atoms with E-state index in [4.69, 9.17) is 10.2 Å². The number of para-hydroxylation sites is 1. The minimum atomic E-state index is -1.03. The number of fused-ring (bicyclic) bond motifs is 1. The molecule has 0 bridgehead atoms. The van der Waals surface area contributed by atoms with Gasteiger partial charge in [-0.05, 0) is 24.0 Å². The second-order valence-electron chi connectivity index (χ2n) is 7.38. The van der Waals surface area contributed by atoms with E-state index in [1.54, 1.807) is 6.20 Å². The summed E-state index contributed by atoms with van der Waals surface area (Å²) in [5, 5.41) is 23.5. The summed E-state index contributed by atoms with van der Waals surface area (Å²) in [6, 6.07) is 6.00. The maximum atomic E-state index is 11.1. The van der Waals surface area contributed by atoms with E-state index >= 15 is 0 Å². The summed E-state index contributed by atoms with van der Waals surface area (Å²) in [6.45, 7) is 6.46. The van der Waals surface area contributed by atoms with Crippen LogP contribution in [0, 0.1) is 5.92 Å². The third-order valence-electron chi connectivity index (χ3n) is 4.16. The lowest BCUT2D eigenvalue weighted by atomic mass is 10.0. The number of carbonyl (C=O) groups is 4. The van der Waals surface area contributed by atoms with E-state index in [0.717, 1.165) is 16.5 Å². The van der Waals surface area contributed by atoms with Gasteiger partial charge in [0.15, 0.2) is 0 Å². The number of amides is 2. The molecule has 1 aromatic heterocycles. The number of carbonyl (C=O) groups excluding carboxylic acids is 2. The van der Waals surface area contributed by atoms with Crippen molar-refractivity contribution in [3.63, 3.8) is 0 Å². The van der Waals surface area contributed by atoms with Crippen LogP contribution in [-0.4, -0.2) is 51.0 Å². The molecule has 2 aromatic rings. The van der Waals surface area contributed by atoms with E-state index in [-0.39, 0.29) is 24.2 Å². The Hall–Kier alpha value is -3.36. The summed E-state index contributed by atoms with van der Waals surface area (Å²) >= 11 is 0. The number of hydrogen-bond acceptors (Lipinski definition) is 4.